The van der Waals surface area contributed by atoms with Crippen molar-refractivity contribution in [2.24, 2.45) is 5.73 Å². The molecule has 10 heteroatoms. The van der Waals surface area contributed by atoms with Gasteiger partial charge in [0, 0.05) is 42.8 Å². The number of hydrogen-bond acceptors (Lipinski definition) is 5. The topological polar surface area (TPSA) is 115 Å². The molecule has 1 aliphatic heterocycles. The molecule has 1 saturated heterocycles. The normalized spacial score (nSPS) is 16.0. The van der Waals surface area contributed by atoms with E-state index < -0.39 is 5.54 Å². The number of rotatable bonds is 3. The average Bonchev–Trinajstić information content (AvgIpc) is 2.88. The van der Waals surface area contributed by atoms with Crippen molar-refractivity contribution in [2.75, 3.05) is 13.2 Å². The van der Waals surface area contributed by atoms with E-state index in [0.29, 0.717) is 38.2 Å². The van der Waals surface area contributed by atoms with Gasteiger partial charge in [-0.25, -0.2) is 9.50 Å². The van der Waals surface area contributed by atoms with Crippen LogP contribution in [0.2, 0.25) is 0 Å². The van der Waals surface area contributed by atoms with Crippen LogP contribution in [0.4, 0.5) is 0 Å². The van der Waals surface area contributed by atoms with E-state index in [1.165, 1.54) is 6.07 Å². The van der Waals surface area contributed by atoms with Gasteiger partial charge in [-0.05, 0) is 26.7 Å². The summed E-state index contributed by atoms with van der Waals surface area (Å²) >= 11 is 0. The number of nitrogens with one attached hydrogen (secondary N) is 2. The second-order valence-corrected chi connectivity index (χ2v) is 6.03. The molecule has 1 amide bonds. The van der Waals surface area contributed by atoms with E-state index in [2.05, 4.69) is 15.4 Å². The van der Waals surface area contributed by atoms with Crippen molar-refractivity contribution < 1.29 is 9.53 Å². The third-order valence-electron chi connectivity index (χ3n) is 4.47. The molecule has 2 aromatic heterocycles. The quantitative estimate of drug-likeness (QED) is 0.708. The van der Waals surface area contributed by atoms with Crippen LogP contribution in [0.3, 0.4) is 0 Å². The molecular formula is C15H23Cl2N5O3. The van der Waals surface area contributed by atoms with Crippen LogP contribution in [-0.2, 0) is 16.1 Å². The van der Waals surface area contributed by atoms with E-state index in [9.17, 15) is 9.59 Å². The maximum atomic E-state index is 12.4. The van der Waals surface area contributed by atoms with Crippen molar-refractivity contribution >= 4 is 36.4 Å². The first-order valence-electron chi connectivity index (χ1n) is 7.63. The molecule has 0 unspecified atom stereocenters. The second kappa shape index (κ2) is 8.18. The van der Waals surface area contributed by atoms with Crippen LogP contribution in [0.25, 0.3) is 5.65 Å². The number of hydrogen-bond donors (Lipinski definition) is 3. The predicted molar refractivity (Wildman–Crippen MR) is 98.6 cm³/mol. The molecule has 3 rings (SSSR count). The standard InChI is InChI=1S/C15H21N5O3.2ClH/c1-9-11(10(2)20-12(18-9)7-13(21)19-20)8-17-14(22)15(16)3-5-23-6-4-15;;/h7H,3-6,8,16H2,1-2H3,(H,17,22)(H,19,21);2*1H. The fourth-order valence-corrected chi connectivity index (χ4v) is 2.92. The van der Waals surface area contributed by atoms with E-state index in [4.69, 9.17) is 10.5 Å². The third-order valence-corrected chi connectivity index (χ3v) is 4.47. The highest BCUT2D eigenvalue weighted by molar-refractivity contribution is 5.86. The van der Waals surface area contributed by atoms with Gasteiger partial charge in [-0.2, -0.15) is 0 Å². The number of halogens is 2. The van der Waals surface area contributed by atoms with Gasteiger partial charge in [0.2, 0.25) is 5.91 Å². The minimum atomic E-state index is -0.876. The first kappa shape index (κ1) is 21.4. The molecular weight excluding hydrogens is 369 g/mol. The van der Waals surface area contributed by atoms with Crippen LogP contribution < -0.4 is 16.6 Å². The van der Waals surface area contributed by atoms with Gasteiger partial charge in [0.1, 0.15) is 0 Å². The predicted octanol–water partition coefficient (Wildman–Crippen LogP) is 0.607. The van der Waals surface area contributed by atoms with Gasteiger partial charge in [-0.15, -0.1) is 24.8 Å². The zero-order chi connectivity index (χ0) is 16.6. The van der Waals surface area contributed by atoms with Crippen molar-refractivity contribution in [3.63, 3.8) is 0 Å². The minimum Gasteiger partial charge on any atom is -0.381 e. The first-order valence-corrected chi connectivity index (χ1v) is 7.63. The third kappa shape index (κ3) is 4.14. The SMILES string of the molecule is Cc1nc2cc(=O)[nH]n2c(C)c1CNC(=O)C1(N)CCOCC1.Cl.Cl. The number of fused-ring (bicyclic) bond motifs is 1. The van der Waals surface area contributed by atoms with E-state index >= 15 is 0 Å². The Morgan fingerprint density at radius 1 is 1.40 bits per heavy atom. The van der Waals surface area contributed by atoms with E-state index in [-0.39, 0.29) is 36.3 Å². The fraction of sp³-hybridized carbons (Fsp3) is 0.533. The lowest BCUT2D eigenvalue weighted by atomic mass is 9.90. The van der Waals surface area contributed by atoms with E-state index in [1.807, 2.05) is 13.8 Å². The highest BCUT2D eigenvalue weighted by Gasteiger charge is 2.35. The van der Waals surface area contributed by atoms with E-state index in [1.54, 1.807) is 4.52 Å². The molecule has 1 aliphatic rings. The van der Waals surface area contributed by atoms with Gasteiger partial charge in [0.25, 0.3) is 5.56 Å². The Labute approximate surface area is 157 Å². The summed E-state index contributed by atoms with van der Waals surface area (Å²) in [7, 11) is 0. The summed E-state index contributed by atoms with van der Waals surface area (Å²) in [6.45, 7) is 5.06. The molecule has 2 aromatic rings. The molecule has 4 N–H and O–H groups in total. The lowest BCUT2D eigenvalue weighted by molar-refractivity contribution is -0.129. The van der Waals surface area contributed by atoms with Crippen LogP contribution in [0.5, 0.6) is 0 Å². The Kier molecular flexibility index (Phi) is 7.01. The van der Waals surface area contributed by atoms with E-state index in [0.717, 1.165) is 17.0 Å². The molecule has 0 atom stereocenters. The number of nitrogens with two attached hydrogens (primary N) is 1. The number of carbonyl (C=O) groups excluding carboxylic acids is 1. The number of ether oxygens (including phenoxy) is 1. The summed E-state index contributed by atoms with van der Waals surface area (Å²) in [4.78, 5) is 28.3. The molecule has 140 valence electrons. The molecule has 0 radical (unpaired) electrons. The Morgan fingerprint density at radius 2 is 2.04 bits per heavy atom. The van der Waals surface area contributed by atoms with Crippen LogP contribution in [0, 0.1) is 13.8 Å². The summed E-state index contributed by atoms with van der Waals surface area (Å²) in [5.41, 5.74) is 8.15. The van der Waals surface area contributed by atoms with Crippen molar-refractivity contribution in [2.45, 2.75) is 38.8 Å². The summed E-state index contributed by atoms with van der Waals surface area (Å²) in [5.74, 6) is -0.180. The van der Waals surface area contributed by atoms with Crippen molar-refractivity contribution in [1.29, 1.82) is 0 Å². The summed E-state index contributed by atoms with van der Waals surface area (Å²) in [5, 5.41) is 5.60. The average molecular weight is 392 g/mol. The van der Waals surface area contributed by atoms with Crippen LogP contribution in [-0.4, -0.2) is 39.3 Å². The molecule has 0 bridgehead atoms. The number of amides is 1. The summed E-state index contributed by atoms with van der Waals surface area (Å²) in [6, 6.07) is 1.44. The largest absolute Gasteiger partial charge is 0.381 e. The highest BCUT2D eigenvalue weighted by Crippen LogP contribution is 2.19. The van der Waals surface area contributed by atoms with Gasteiger partial charge in [0.05, 0.1) is 5.54 Å². The Balaban J connectivity index is 0.00000156. The molecule has 0 spiro atoms. The van der Waals surface area contributed by atoms with Crippen LogP contribution in [0.15, 0.2) is 10.9 Å². The summed E-state index contributed by atoms with van der Waals surface area (Å²) < 4.78 is 6.89. The Hall–Kier alpha value is -1.61. The summed E-state index contributed by atoms with van der Waals surface area (Å²) in [6.07, 6.45) is 1.03. The number of aromatic amines is 1. The molecule has 25 heavy (non-hydrogen) atoms. The molecule has 0 aliphatic carbocycles. The highest BCUT2D eigenvalue weighted by atomic mass is 35.5. The maximum Gasteiger partial charge on any atom is 0.266 e. The fourth-order valence-electron chi connectivity index (χ4n) is 2.92. The molecule has 0 saturated carbocycles. The van der Waals surface area contributed by atoms with Gasteiger partial charge in [0.15, 0.2) is 5.65 Å². The van der Waals surface area contributed by atoms with Crippen molar-refractivity contribution in [1.82, 2.24) is 19.9 Å². The first-order chi connectivity index (χ1) is 10.9. The lowest BCUT2D eigenvalue weighted by Crippen LogP contribution is -2.56. The number of carbonyl (C=O) groups is 1. The van der Waals surface area contributed by atoms with Gasteiger partial charge in [-0.1, -0.05) is 0 Å². The van der Waals surface area contributed by atoms with Crippen LogP contribution in [0.1, 0.15) is 29.8 Å². The number of aryl methyl sites for hydroxylation is 2. The zero-order valence-electron chi connectivity index (χ0n) is 14.1. The van der Waals surface area contributed by atoms with Crippen molar-refractivity contribution in [3.05, 3.63) is 33.4 Å². The smallest absolute Gasteiger partial charge is 0.266 e. The maximum absolute atomic E-state index is 12.4. The molecule has 1 fully saturated rings. The monoisotopic (exact) mass is 391 g/mol. The molecule has 0 aromatic carbocycles. The van der Waals surface area contributed by atoms with Gasteiger partial charge in [-0.3, -0.25) is 14.7 Å². The Bertz CT molecular complexity index is 811. The number of aromatic nitrogens is 3. The van der Waals surface area contributed by atoms with Gasteiger partial charge < -0.3 is 15.8 Å². The van der Waals surface area contributed by atoms with Crippen LogP contribution >= 0.6 is 24.8 Å². The lowest BCUT2D eigenvalue weighted by Gasteiger charge is -2.31. The second-order valence-electron chi connectivity index (χ2n) is 6.03. The molecule has 3 heterocycles. The number of H-pyrrole nitrogens is 1. The zero-order valence-corrected chi connectivity index (χ0v) is 15.8. The minimum absolute atomic E-state index is 0. The van der Waals surface area contributed by atoms with Crippen molar-refractivity contribution in [3.8, 4) is 0 Å². The Morgan fingerprint density at radius 3 is 2.68 bits per heavy atom. The van der Waals surface area contributed by atoms with Gasteiger partial charge >= 0.3 is 0 Å². The number of nitrogens with zero attached hydrogens (tertiary/aromatic N) is 2. The molecule has 8 nitrogen and oxygen atoms in total.